The van der Waals surface area contributed by atoms with E-state index < -0.39 is 5.41 Å². The second-order valence-electron chi connectivity index (χ2n) is 5.64. The minimum atomic E-state index is -0.901. The van der Waals surface area contributed by atoms with Crippen LogP contribution < -0.4 is 4.90 Å². The van der Waals surface area contributed by atoms with Gasteiger partial charge in [-0.3, -0.25) is 9.59 Å². The molecule has 1 amide bonds. The fourth-order valence-electron chi connectivity index (χ4n) is 2.86. The number of carbonyl (C=O) groups is 2. The van der Waals surface area contributed by atoms with Gasteiger partial charge < -0.3 is 9.64 Å². The predicted octanol–water partition coefficient (Wildman–Crippen LogP) is 2.23. The molecule has 0 unspecified atom stereocenters. The molecule has 0 bridgehead atoms. The van der Waals surface area contributed by atoms with Gasteiger partial charge in [-0.2, -0.15) is 0 Å². The van der Waals surface area contributed by atoms with Crippen molar-refractivity contribution < 1.29 is 14.3 Å². The number of anilines is 1. The van der Waals surface area contributed by atoms with Gasteiger partial charge in [0.15, 0.2) is 0 Å². The number of fused-ring (bicyclic) bond motifs is 1. The average molecular weight is 273 g/mol. The number of rotatable bonds is 3. The summed E-state index contributed by atoms with van der Waals surface area (Å²) in [6.07, 6.45) is 2.09. The van der Waals surface area contributed by atoms with E-state index >= 15 is 0 Å². The first-order valence-corrected chi connectivity index (χ1v) is 7.17. The lowest BCUT2D eigenvalue weighted by atomic mass is 10.1. The Hall–Kier alpha value is -1.84. The summed E-state index contributed by atoms with van der Waals surface area (Å²) in [7, 11) is 0. The van der Waals surface area contributed by atoms with Gasteiger partial charge in [0, 0.05) is 12.2 Å². The van der Waals surface area contributed by atoms with Crippen molar-refractivity contribution in [2.24, 2.45) is 5.41 Å². The van der Waals surface area contributed by atoms with Gasteiger partial charge in [0.05, 0.1) is 6.61 Å². The van der Waals surface area contributed by atoms with Crippen molar-refractivity contribution in [3.8, 4) is 0 Å². The molecule has 4 nitrogen and oxygen atoms in total. The molecule has 0 saturated heterocycles. The minimum Gasteiger partial charge on any atom is -0.465 e. The first-order valence-electron chi connectivity index (χ1n) is 7.17. The quantitative estimate of drug-likeness (QED) is 0.626. The van der Waals surface area contributed by atoms with Gasteiger partial charge in [0.25, 0.3) is 0 Å². The average Bonchev–Trinajstić information content (AvgIpc) is 3.14. The van der Waals surface area contributed by atoms with Crippen LogP contribution in [0.5, 0.6) is 0 Å². The molecule has 4 heteroatoms. The van der Waals surface area contributed by atoms with Crippen molar-refractivity contribution in [2.75, 3.05) is 18.1 Å². The highest BCUT2D eigenvalue weighted by molar-refractivity contribution is 6.13. The monoisotopic (exact) mass is 273 g/mol. The van der Waals surface area contributed by atoms with E-state index in [1.807, 2.05) is 13.0 Å². The molecular weight excluding hydrogens is 254 g/mol. The minimum absolute atomic E-state index is 0.0831. The summed E-state index contributed by atoms with van der Waals surface area (Å²) < 4.78 is 5.08. The fraction of sp³-hybridized carbons (Fsp3) is 0.500. The van der Waals surface area contributed by atoms with Crippen LogP contribution in [-0.4, -0.2) is 25.0 Å². The van der Waals surface area contributed by atoms with E-state index in [2.05, 4.69) is 12.1 Å². The standard InChI is InChI=1S/C16H19NO3/c1-3-20-15(19)16(7-8-16)14(18)17-9-6-12-5-4-11(2)10-13(12)17/h4-5,10H,3,6-9H2,1-2H3. The molecule has 0 atom stereocenters. The van der Waals surface area contributed by atoms with Crippen molar-refractivity contribution in [3.05, 3.63) is 29.3 Å². The summed E-state index contributed by atoms with van der Waals surface area (Å²) in [5, 5.41) is 0. The topological polar surface area (TPSA) is 46.6 Å². The van der Waals surface area contributed by atoms with Crippen LogP contribution in [0.25, 0.3) is 0 Å². The second kappa shape index (κ2) is 4.62. The highest BCUT2D eigenvalue weighted by Crippen LogP contribution is 2.49. The zero-order valence-electron chi connectivity index (χ0n) is 11.9. The van der Waals surface area contributed by atoms with Crippen LogP contribution in [0.1, 0.15) is 30.9 Å². The Bertz CT molecular complexity index is 575. The normalized spacial score (nSPS) is 18.6. The van der Waals surface area contributed by atoms with E-state index in [9.17, 15) is 9.59 Å². The summed E-state index contributed by atoms with van der Waals surface area (Å²) >= 11 is 0. The number of amides is 1. The van der Waals surface area contributed by atoms with E-state index in [1.54, 1.807) is 11.8 Å². The number of hydrogen-bond donors (Lipinski definition) is 0. The zero-order chi connectivity index (χ0) is 14.3. The van der Waals surface area contributed by atoms with Crippen molar-refractivity contribution in [3.63, 3.8) is 0 Å². The van der Waals surface area contributed by atoms with E-state index in [0.29, 0.717) is 26.0 Å². The van der Waals surface area contributed by atoms with Crippen LogP contribution in [0.2, 0.25) is 0 Å². The molecule has 1 saturated carbocycles. The molecule has 1 aromatic carbocycles. The zero-order valence-corrected chi connectivity index (χ0v) is 11.9. The van der Waals surface area contributed by atoms with Gasteiger partial charge >= 0.3 is 5.97 Å². The summed E-state index contributed by atoms with van der Waals surface area (Å²) in [6, 6.07) is 6.16. The molecule has 1 aliphatic heterocycles. The van der Waals surface area contributed by atoms with E-state index in [1.165, 1.54) is 5.56 Å². The lowest BCUT2D eigenvalue weighted by Gasteiger charge is -2.22. The van der Waals surface area contributed by atoms with Gasteiger partial charge in [-0.05, 0) is 50.3 Å². The number of carbonyl (C=O) groups excluding carboxylic acids is 2. The molecule has 0 aromatic heterocycles. The smallest absolute Gasteiger partial charge is 0.321 e. The van der Waals surface area contributed by atoms with Crippen LogP contribution in [0, 0.1) is 12.3 Å². The molecule has 0 N–H and O–H groups in total. The third kappa shape index (κ3) is 1.90. The lowest BCUT2D eigenvalue weighted by Crippen LogP contribution is -2.40. The van der Waals surface area contributed by atoms with Crippen LogP contribution in [0.15, 0.2) is 18.2 Å². The molecule has 106 valence electrons. The molecule has 20 heavy (non-hydrogen) atoms. The van der Waals surface area contributed by atoms with Crippen LogP contribution >= 0.6 is 0 Å². The number of nitrogens with zero attached hydrogens (tertiary/aromatic N) is 1. The Labute approximate surface area is 118 Å². The Kier molecular flexibility index (Phi) is 3.04. The number of aryl methyl sites for hydroxylation is 1. The van der Waals surface area contributed by atoms with Crippen LogP contribution in [0.3, 0.4) is 0 Å². The second-order valence-corrected chi connectivity index (χ2v) is 5.64. The SMILES string of the molecule is CCOC(=O)C1(C(=O)N2CCc3ccc(C)cc32)CC1. The molecule has 3 rings (SSSR count). The Balaban J connectivity index is 1.87. The summed E-state index contributed by atoms with van der Waals surface area (Å²) in [6.45, 7) is 4.77. The van der Waals surface area contributed by atoms with Crippen LogP contribution in [0.4, 0.5) is 5.69 Å². The maximum Gasteiger partial charge on any atom is 0.321 e. The van der Waals surface area contributed by atoms with Gasteiger partial charge in [0.2, 0.25) is 5.91 Å². The molecule has 0 radical (unpaired) electrons. The Morgan fingerprint density at radius 3 is 2.75 bits per heavy atom. The van der Waals surface area contributed by atoms with Gasteiger partial charge in [-0.15, -0.1) is 0 Å². The summed E-state index contributed by atoms with van der Waals surface area (Å²) in [4.78, 5) is 26.5. The molecule has 1 aliphatic carbocycles. The van der Waals surface area contributed by atoms with E-state index in [4.69, 9.17) is 4.74 Å². The van der Waals surface area contributed by atoms with Crippen molar-refractivity contribution in [2.45, 2.75) is 33.1 Å². The summed E-state index contributed by atoms with van der Waals surface area (Å²) in [5.74, 6) is -0.439. The van der Waals surface area contributed by atoms with E-state index in [0.717, 1.165) is 17.7 Å². The largest absolute Gasteiger partial charge is 0.465 e. The summed E-state index contributed by atoms with van der Waals surface area (Å²) in [5.41, 5.74) is 2.38. The fourth-order valence-corrected chi connectivity index (χ4v) is 2.86. The number of ether oxygens (including phenoxy) is 1. The molecule has 2 aliphatic rings. The highest BCUT2D eigenvalue weighted by atomic mass is 16.5. The third-order valence-corrected chi connectivity index (χ3v) is 4.21. The third-order valence-electron chi connectivity index (χ3n) is 4.21. The maximum absolute atomic E-state index is 12.7. The Morgan fingerprint density at radius 1 is 1.35 bits per heavy atom. The van der Waals surface area contributed by atoms with Crippen molar-refractivity contribution in [1.82, 2.24) is 0 Å². The maximum atomic E-state index is 12.7. The van der Waals surface area contributed by atoms with E-state index in [-0.39, 0.29) is 11.9 Å². The lowest BCUT2D eigenvalue weighted by molar-refractivity contribution is -0.153. The molecule has 1 heterocycles. The molecular formula is C16H19NO3. The van der Waals surface area contributed by atoms with Gasteiger partial charge in [-0.1, -0.05) is 12.1 Å². The number of hydrogen-bond acceptors (Lipinski definition) is 3. The first-order chi connectivity index (χ1) is 9.58. The number of esters is 1. The van der Waals surface area contributed by atoms with Crippen molar-refractivity contribution >= 4 is 17.6 Å². The predicted molar refractivity (Wildman–Crippen MR) is 75.5 cm³/mol. The Morgan fingerprint density at radius 2 is 2.10 bits per heavy atom. The van der Waals surface area contributed by atoms with Gasteiger partial charge in [-0.25, -0.2) is 0 Å². The molecule has 1 aromatic rings. The van der Waals surface area contributed by atoms with Crippen molar-refractivity contribution in [1.29, 1.82) is 0 Å². The molecule has 0 spiro atoms. The first kappa shape index (κ1) is 13.2. The number of benzene rings is 1. The van der Waals surface area contributed by atoms with Crippen LogP contribution in [-0.2, 0) is 20.7 Å². The molecule has 1 fully saturated rings. The van der Waals surface area contributed by atoms with Gasteiger partial charge in [0.1, 0.15) is 5.41 Å². The highest BCUT2D eigenvalue weighted by Gasteiger charge is 2.60.